The minimum Gasteiger partial charge on any atom is -0.320 e. The van der Waals surface area contributed by atoms with Crippen molar-refractivity contribution >= 4 is 22.5 Å². The molecule has 0 saturated heterocycles. The lowest BCUT2D eigenvalue weighted by atomic mass is 9.90. The van der Waals surface area contributed by atoms with Crippen molar-refractivity contribution in [1.29, 1.82) is 0 Å². The first-order valence-corrected chi connectivity index (χ1v) is 11.1. The highest BCUT2D eigenvalue weighted by atomic mass is 16.1. The van der Waals surface area contributed by atoms with Gasteiger partial charge in [0, 0.05) is 22.6 Å². The van der Waals surface area contributed by atoms with E-state index in [1.54, 1.807) is 0 Å². The van der Waals surface area contributed by atoms with Crippen LogP contribution in [-0.4, -0.2) is 10.9 Å². The number of aromatic nitrogens is 1. The van der Waals surface area contributed by atoms with Crippen LogP contribution in [0.4, 0.5) is 5.69 Å². The third kappa shape index (κ3) is 3.66. The number of fused-ring (bicyclic) bond motifs is 1. The first-order chi connectivity index (χ1) is 14.3. The van der Waals surface area contributed by atoms with E-state index in [1.165, 1.54) is 68.0 Å². The van der Waals surface area contributed by atoms with Crippen molar-refractivity contribution in [2.75, 3.05) is 5.32 Å². The summed E-state index contributed by atoms with van der Waals surface area (Å²) in [6.07, 6.45) is 10.2. The van der Waals surface area contributed by atoms with E-state index in [0.717, 1.165) is 11.2 Å². The van der Waals surface area contributed by atoms with Crippen LogP contribution < -0.4 is 5.32 Å². The highest BCUT2D eigenvalue weighted by molar-refractivity contribution is 6.08. The maximum atomic E-state index is 12.8. The van der Waals surface area contributed by atoms with Crippen LogP contribution in [0.5, 0.6) is 0 Å². The third-order valence-corrected chi connectivity index (χ3v) is 6.74. The summed E-state index contributed by atoms with van der Waals surface area (Å²) in [5, 5.41) is 4.35. The van der Waals surface area contributed by atoms with Gasteiger partial charge in [-0.2, -0.15) is 0 Å². The lowest BCUT2D eigenvalue weighted by Crippen LogP contribution is -2.13. The molecule has 0 radical (unpaired) electrons. The molecular formula is C26H28N2O. The third-order valence-electron chi connectivity index (χ3n) is 6.74. The van der Waals surface area contributed by atoms with Crippen molar-refractivity contribution < 1.29 is 4.79 Å². The molecule has 1 amide bonds. The van der Waals surface area contributed by atoms with E-state index in [-0.39, 0.29) is 5.91 Å². The monoisotopic (exact) mass is 384 g/mol. The molecule has 3 nitrogen and oxygen atoms in total. The van der Waals surface area contributed by atoms with Gasteiger partial charge in [-0.1, -0.05) is 56.0 Å². The number of para-hydroxylation sites is 1. The van der Waals surface area contributed by atoms with E-state index in [2.05, 4.69) is 23.5 Å². The fourth-order valence-corrected chi connectivity index (χ4v) is 5.19. The quantitative estimate of drug-likeness (QED) is 0.537. The molecule has 0 unspecified atom stereocenters. The van der Waals surface area contributed by atoms with Gasteiger partial charge in [-0.15, -0.1) is 0 Å². The van der Waals surface area contributed by atoms with E-state index in [4.69, 9.17) is 4.98 Å². The van der Waals surface area contributed by atoms with E-state index < -0.39 is 0 Å². The Morgan fingerprint density at radius 3 is 2.24 bits per heavy atom. The van der Waals surface area contributed by atoms with E-state index >= 15 is 0 Å². The predicted molar refractivity (Wildman–Crippen MR) is 119 cm³/mol. The van der Waals surface area contributed by atoms with Crippen molar-refractivity contribution in [2.45, 2.75) is 63.2 Å². The molecule has 148 valence electrons. The molecule has 2 aliphatic rings. The second kappa shape index (κ2) is 7.98. The molecule has 3 aromatic rings. The number of pyridine rings is 1. The Balaban J connectivity index is 1.59. The van der Waals surface area contributed by atoms with Gasteiger partial charge in [0.25, 0.3) is 5.91 Å². The highest BCUT2D eigenvalue weighted by Crippen LogP contribution is 2.42. The summed E-state index contributed by atoms with van der Waals surface area (Å²) in [5.74, 6) is 1.12. The normalized spacial score (nSPS) is 17.8. The van der Waals surface area contributed by atoms with Crippen molar-refractivity contribution in [3.8, 4) is 0 Å². The van der Waals surface area contributed by atoms with Crippen LogP contribution in [0.3, 0.4) is 0 Å². The fourth-order valence-electron chi connectivity index (χ4n) is 5.19. The van der Waals surface area contributed by atoms with Crippen LogP contribution in [0, 0.1) is 0 Å². The number of amides is 1. The SMILES string of the molecule is O=C(Nc1cccc2c(C3CCCC3)cc(C3CCCC3)nc12)c1ccccc1. The van der Waals surface area contributed by atoms with Crippen molar-refractivity contribution in [3.05, 3.63) is 71.4 Å². The summed E-state index contributed by atoms with van der Waals surface area (Å²) >= 11 is 0. The molecule has 0 spiro atoms. The topological polar surface area (TPSA) is 42.0 Å². The number of hydrogen-bond acceptors (Lipinski definition) is 2. The zero-order chi connectivity index (χ0) is 19.6. The summed E-state index contributed by atoms with van der Waals surface area (Å²) in [5.41, 5.74) is 5.15. The zero-order valence-corrected chi connectivity index (χ0v) is 16.9. The number of carbonyl (C=O) groups is 1. The minimum atomic E-state index is -0.0754. The molecule has 0 bridgehead atoms. The van der Waals surface area contributed by atoms with Gasteiger partial charge in [0.2, 0.25) is 0 Å². The average Bonchev–Trinajstić information content (AvgIpc) is 3.48. The van der Waals surface area contributed by atoms with Gasteiger partial charge < -0.3 is 5.32 Å². The molecule has 0 atom stereocenters. The predicted octanol–water partition coefficient (Wildman–Crippen LogP) is 6.80. The molecule has 1 N–H and O–H groups in total. The maximum absolute atomic E-state index is 12.8. The van der Waals surface area contributed by atoms with Crippen LogP contribution in [0.1, 0.15) is 84.8 Å². The number of carbonyl (C=O) groups excluding carboxylic acids is 1. The number of benzene rings is 2. The lowest BCUT2D eigenvalue weighted by Gasteiger charge is -2.19. The van der Waals surface area contributed by atoms with Crippen LogP contribution >= 0.6 is 0 Å². The van der Waals surface area contributed by atoms with Gasteiger partial charge in [-0.25, -0.2) is 0 Å². The smallest absolute Gasteiger partial charge is 0.255 e. The summed E-state index contributed by atoms with van der Waals surface area (Å²) in [4.78, 5) is 17.9. The average molecular weight is 385 g/mol. The van der Waals surface area contributed by atoms with Crippen molar-refractivity contribution in [2.24, 2.45) is 0 Å². The summed E-state index contributed by atoms with van der Waals surface area (Å²) < 4.78 is 0. The van der Waals surface area contributed by atoms with Crippen LogP contribution in [-0.2, 0) is 0 Å². The molecule has 2 fully saturated rings. The molecular weight excluding hydrogens is 356 g/mol. The molecule has 1 aromatic heterocycles. The number of rotatable bonds is 4. The molecule has 2 aliphatic carbocycles. The zero-order valence-electron chi connectivity index (χ0n) is 16.9. The maximum Gasteiger partial charge on any atom is 0.255 e. The Morgan fingerprint density at radius 2 is 1.52 bits per heavy atom. The van der Waals surface area contributed by atoms with Crippen molar-refractivity contribution in [1.82, 2.24) is 4.98 Å². The Bertz CT molecular complexity index is 1020. The second-order valence-corrected chi connectivity index (χ2v) is 8.62. The highest BCUT2D eigenvalue weighted by Gasteiger charge is 2.25. The molecule has 2 saturated carbocycles. The van der Waals surface area contributed by atoms with Gasteiger partial charge in [0.15, 0.2) is 0 Å². The molecule has 3 heteroatoms. The van der Waals surface area contributed by atoms with Gasteiger partial charge >= 0.3 is 0 Å². The van der Waals surface area contributed by atoms with E-state index in [1.807, 2.05) is 36.4 Å². The van der Waals surface area contributed by atoms with E-state index in [9.17, 15) is 4.79 Å². The van der Waals surface area contributed by atoms with Gasteiger partial charge in [-0.3, -0.25) is 9.78 Å². The van der Waals surface area contributed by atoms with Gasteiger partial charge in [-0.05, 0) is 61.4 Å². The number of anilines is 1. The molecule has 1 heterocycles. The standard InChI is InChI=1S/C26H28N2O/c29-26(20-13-2-1-3-14-20)28-23-16-8-15-21-22(18-9-4-5-10-18)17-24(27-25(21)23)19-11-6-7-12-19/h1-3,8,13-19H,4-7,9-12H2,(H,28,29). The fraction of sp³-hybridized carbons (Fsp3) is 0.385. The van der Waals surface area contributed by atoms with Crippen LogP contribution in [0.25, 0.3) is 10.9 Å². The Kier molecular flexibility index (Phi) is 5.05. The molecule has 0 aliphatic heterocycles. The Morgan fingerprint density at radius 1 is 0.828 bits per heavy atom. The lowest BCUT2D eigenvalue weighted by molar-refractivity contribution is 0.102. The summed E-state index contributed by atoms with van der Waals surface area (Å²) in [6.45, 7) is 0. The summed E-state index contributed by atoms with van der Waals surface area (Å²) in [7, 11) is 0. The molecule has 5 rings (SSSR count). The Labute approximate surface area is 172 Å². The van der Waals surface area contributed by atoms with Crippen molar-refractivity contribution in [3.63, 3.8) is 0 Å². The first kappa shape index (κ1) is 18.4. The Hall–Kier alpha value is -2.68. The number of hydrogen-bond donors (Lipinski definition) is 1. The van der Waals surface area contributed by atoms with Crippen LogP contribution in [0.2, 0.25) is 0 Å². The largest absolute Gasteiger partial charge is 0.320 e. The molecule has 29 heavy (non-hydrogen) atoms. The van der Waals surface area contributed by atoms with Gasteiger partial charge in [0.05, 0.1) is 11.2 Å². The van der Waals surface area contributed by atoms with Gasteiger partial charge in [0.1, 0.15) is 0 Å². The molecule has 2 aromatic carbocycles. The number of nitrogens with one attached hydrogen (secondary N) is 1. The summed E-state index contributed by atoms with van der Waals surface area (Å²) in [6, 6.07) is 18.1. The van der Waals surface area contributed by atoms with Crippen LogP contribution in [0.15, 0.2) is 54.6 Å². The minimum absolute atomic E-state index is 0.0754. The first-order valence-electron chi connectivity index (χ1n) is 11.1. The number of nitrogens with zero attached hydrogens (tertiary/aromatic N) is 1. The second-order valence-electron chi connectivity index (χ2n) is 8.62. The van der Waals surface area contributed by atoms with E-state index in [0.29, 0.717) is 17.4 Å².